The summed E-state index contributed by atoms with van der Waals surface area (Å²) in [7, 11) is 0. The highest BCUT2D eigenvalue weighted by Crippen LogP contribution is 2.16. The summed E-state index contributed by atoms with van der Waals surface area (Å²) < 4.78 is 0. The lowest BCUT2D eigenvalue weighted by Gasteiger charge is -2.08. The number of hydrogen-bond acceptors (Lipinski definition) is 5. The number of anilines is 2. The Bertz CT molecular complexity index is 834. The van der Waals surface area contributed by atoms with Gasteiger partial charge in [-0.1, -0.05) is 6.07 Å². The average Bonchev–Trinajstić information content (AvgIpc) is 2.55. The number of rotatable bonds is 4. The Morgan fingerprint density at radius 3 is 2.08 bits per heavy atom. The number of hydrogen-bond donors (Lipinski definition) is 2. The topological polar surface area (TPSA) is 101 Å². The van der Waals surface area contributed by atoms with Crippen LogP contribution in [0, 0.1) is 36.5 Å². The van der Waals surface area contributed by atoms with Crippen LogP contribution in [0.2, 0.25) is 0 Å². The van der Waals surface area contributed by atoms with Crippen molar-refractivity contribution in [1.82, 2.24) is 0 Å². The maximum absolute atomic E-state index is 12.3. The highest BCUT2D eigenvalue weighted by molar-refractivity contribution is 6.10. The summed E-state index contributed by atoms with van der Waals surface area (Å²) in [6.45, 7) is 3.95. The largest absolute Gasteiger partial charge is 0.322 e. The molecule has 0 radical (unpaired) electrons. The van der Waals surface area contributed by atoms with Crippen molar-refractivity contribution in [2.75, 3.05) is 10.7 Å². The molecule has 0 aliphatic rings. The van der Waals surface area contributed by atoms with Gasteiger partial charge in [-0.2, -0.15) is 15.6 Å². The summed E-state index contributed by atoms with van der Waals surface area (Å²) in [5.74, 6) is -0.218. The summed E-state index contributed by atoms with van der Waals surface area (Å²) in [6.07, 6.45) is 0. The second-order valence-corrected chi connectivity index (χ2v) is 5.20. The van der Waals surface area contributed by atoms with Crippen LogP contribution in [0.15, 0.2) is 47.6 Å². The lowest BCUT2D eigenvalue weighted by Crippen LogP contribution is -2.12. The monoisotopic (exact) mass is 317 g/mol. The van der Waals surface area contributed by atoms with E-state index >= 15 is 0 Å². The first kappa shape index (κ1) is 16.7. The molecule has 0 atom stereocenters. The van der Waals surface area contributed by atoms with E-state index in [0.717, 1.165) is 16.8 Å². The molecule has 0 saturated heterocycles. The predicted molar refractivity (Wildman–Crippen MR) is 92.6 cm³/mol. The van der Waals surface area contributed by atoms with Gasteiger partial charge in [-0.3, -0.25) is 10.2 Å². The third-order valence-electron chi connectivity index (χ3n) is 3.14. The van der Waals surface area contributed by atoms with Gasteiger partial charge in [0.15, 0.2) is 0 Å². The van der Waals surface area contributed by atoms with Crippen LogP contribution in [-0.4, -0.2) is 11.6 Å². The van der Waals surface area contributed by atoms with Crippen molar-refractivity contribution >= 4 is 23.0 Å². The summed E-state index contributed by atoms with van der Waals surface area (Å²) >= 11 is 0. The van der Waals surface area contributed by atoms with Crippen molar-refractivity contribution in [2.45, 2.75) is 13.8 Å². The Morgan fingerprint density at radius 2 is 1.54 bits per heavy atom. The van der Waals surface area contributed by atoms with Gasteiger partial charge < -0.3 is 5.32 Å². The van der Waals surface area contributed by atoms with Crippen LogP contribution in [0.3, 0.4) is 0 Å². The van der Waals surface area contributed by atoms with Gasteiger partial charge in [0.1, 0.15) is 12.1 Å². The molecule has 118 valence electrons. The normalized spacial score (nSPS) is 9.33. The Hall–Kier alpha value is -3.64. The van der Waals surface area contributed by atoms with E-state index in [9.17, 15) is 4.79 Å². The molecular formula is C18H15N5O. The summed E-state index contributed by atoms with van der Waals surface area (Å²) in [5, 5.41) is 23.7. The van der Waals surface area contributed by atoms with Crippen molar-refractivity contribution in [1.29, 1.82) is 10.5 Å². The molecule has 2 aromatic rings. The Morgan fingerprint density at radius 1 is 0.958 bits per heavy atom. The van der Waals surface area contributed by atoms with E-state index in [2.05, 4.69) is 15.8 Å². The summed E-state index contributed by atoms with van der Waals surface area (Å²) in [6, 6.07) is 15.7. The maximum Gasteiger partial charge on any atom is 0.255 e. The molecule has 0 aliphatic carbocycles. The number of hydrazone groups is 1. The zero-order valence-electron chi connectivity index (χ0n) is 13.3. The number of nitrogens with zero attached hydrogens (tertiary/aromatic N) is 3. The minimum absolute atomic E-state index is 0.218. The minimum atomic E-state index is -0.272. The van der Waals surface area contributed by atoms with Crippen LogP contribution >= 0.6 is 0 Å². The van der Waals surface area contributed by atoms with Crippen LogP contribution in [0.25, 0.3) is 0 Å². The zero-order chi connectivity index (χ0) is 17.5. The summed E-state index contributed by atoms with van der Waals surface area (Å²) in [4.78, 5) is 12.3. The van der Waals surface area contributed by atoms with Gasteiger partial charge in [-0.05, 0) is 61.4 Å². The number of nitriles is 2. The van der Waals surface area contributed by atoms with Gasteiger partial charge >= 0.3 is 0 Å². The lowest BCUT2D eigenvalue weighted by atomic mass is 10.1. The van der Waals surface area contributed by atoms with Crippen molar-refractivity contribution in [3.8, 4) is 12.1 Å². The molecule has 2 N–H and O–H groups in total. The Balaban J connectivity index is 2.07. The summed E-state index contributed by atoms with van der Waals surface area (Å²) in [5.41, 5.74) is 6.28. The standard InChI is InChI=1S/C18H15N5O/c1-12-7-13(2)9-16(8-12)21-18(24)14-3-5-15(6-4-14)22-23-17(10-19)11-20/h3-9,22H,1-2H3,(H,21,24). The molecule has 24 heavy (non-hydrogen) atoms. The van der Waals surface area contributed by atoms with E-state index in [0.29, 0.717) is 11.3 Å². The van der Waals surface area contributed by atoms with E-state index in [4.69, 9.17) is 10.5 Å². The molecule has 0 aliphatic heterocycles. The average molecular weight is 317 g/mol. The highest BCUT2D eigenvalue weighted by Gasteiger charge is 2.07. The molecule has 2 rings (SSSR count). The van der Waals surface area contributed by atoms with Crippen molar-refractivity contribution in [3.05, 3.63) is 59.2 Å². The van der Waals surface area contributed by atoms with E-state index in [-0.39, 0.29) is 11.6 Å². The number of carbonyl (C=O) groups excluding carboxylic acids is 1. The van der Waals surface area contributed by atoms with Gasteiger partial charge in [0, 0.05) is 11.3 Å². The fourth-order valence-corrected chi connectivity index (χ4v) is 2.14. The van der Waals surface area contributed by atoms with E-state index in [1.54, 1.807) is 36.4 Å². The molecule has 6 nitrogen and oxygen atoms in total. The first-order chi connectivity index (χ1) is 11.5. The van der Waals surface area contributed by atoms with Crippen LogP contribution in [0.1, 0.15) is 21.5 Å². The smallest absolute Gasteiger partial charge is 0.255 e. The molecule has 0 spiro atoms. The molecule has 1 amide bonds. The first-order valence-corrected chi connectivity index (χ1v) is 7.15. The molecule has 6 heteroatoms. The van der Waals surface area contributed by atoms with Crippen LogP contribution in [-0.2, 0) is 0 Å². The molecular weight excluding hydrogens is 302 g/mol. The second-order valence-electron chi connectivity index (χ2n) is 5.20. The molecule has 0 saturated carbocycles. The third kappa shape index (κ3) is 4.43. The number of nitrogens with one attached hydrogen (secondary N) is 2. The fraction of sp³-hybridized carbons (Fsp3) is 0.111. The first-order valence-electron chi connectivity index (χ1n) is 7.15. The minimum Gasteiger partial charge on any atom is -0.322 e. The molecule has 0 bridgehead atoms. The van der Waals surface area contributed by atoms with E-state index in [1.807, 2.05) is 32.0 Å². The predicted octanol–water partition coefficient (Wildman–Crippen LogP) is 3.37. The fourth-order valence-electron chi connectivity index (χ4n) is 2.14. The van der Waals surface area contributed by atoms with Gasteiger partial charge in [0.25, 0.3) is 5.91 Å². The number of carbonyl (C=O) groups is 1. The number of aryl methyl sites for hydroxylation is 2. The molecule has 0 fully saturated rings. The van der Waals surface area contributed by atoms with Gasteiger partial charge in [0.2, 0.25) is 5.71 Å². The maximum atomic E-state index is 12.3. The Labute approximate surface area is 140 Å². The van der Waals surface area contributed by atoms with Gasteiger partial charge in [-0.15, -0.1) is 0 Å². The van der Waals surface area contributed by atoms with Crippen molar-refractivity contribution in [3.63, 3.8) is 0 Å². The molecule has 0 heterocycles. The van der Waals surface area contributed by atoms with E-state index < -0.39 is 0 Å². The van der Waals surface area contributed by atoms with Crippen molar-refractivity contribution < 1.29 is 4.79 Å². The van der Waals surface area contributed by atoms with Crippen LogP contribution < -0.4 is 10.7 Å². The molecule has 0 aromatic heterocycles. The third-order valence-corrected chi connectivity index (χ3v) is 3.14. The van der Waals surface area contributed by atoms with Crippen LogP contribution in [0.5, 0.6) is 0 Å². The van der Waals surface area contributed by atoms with Gasteiger partial charge in [-0.25, -0.2) is 0 Å². The quantitative estimate of drug-likeness (QED) is 0.666. The zero-order valence-corrected chi connectivity index (χ0v) is 13.3. The SMILES string of the molecule is Cc1cc(C)cc(NC(=O)c2ccc(NN=C(C#N)C#N)cc2)c1. The van der Waals surface area contributed by atoms with Crippen molar-refractivity contribution in [2.24, 2.45) is 5.10 Å². The number of benzene rings is 2. The van der Waals surface area contributed by atoms with E-state index in [1.165, 1.54) is 0 Å². The molecule has 0 unspecified atom stereocenters. The lowest BCUT2D eigenvalue weighted by molar-refractivity contribution is 0.102. The van der Waals surface area contributed by atoms with Gasteiger partial charge in [0.05, 0.1) is 5.69 Å². The molecule has 2 aromatic carbocycles. The Kier molecular flexibility index (Phi) is 5.28. The highest BCUT2D eigenvalue weighted by atomic mass is 16.1. The second kappa shape index (κ2) is 7.57. The number of amides is 1. The van der Waals surface area contributed by atoms with Crippen LogP contribution in [0.4, 0.5) is 11.4 Å².